The summed E-state index contributed by atoms with van der Waals surface area (Å²) in [5.74, 6) is 1.07. The third-order valence-electron chi connectivity index (χ3n) is 3.01. The fraction of sp³-hybridized carbons (Fsp3) is 0.353. The van der Waals surface area contributed by atoms with Crippen LogP contribution in [0.2, 0.25) is 0 Å². The van der Waals surface area contributed by atoms with Crippen LogP contribution >= 0.6 is 11.8 Å². The summed E-state index contributed by atoms with van der Waals surface area (Å²) < 4.78 is 0. The molecule has 0 saturated carbocycles. The molecule has 0 unspecified atom stereocenters. The lowest BCUT2D eigenvalue weighted by atomic mass is 10.2. The fourth-order valence-corrected chi connectivity index (χ4v) is 2.93. The molecule has 0 spiro atoms. The van der Waals surface area contributed by atoms with E-state index in [1.165, 1.54) is 22.6 Å². The third-order valence-corrected chi connectivity index (χ3v) is 4.00. The van der Waals surface area contributed by atoms with Gasteiger partial charge in [-0.3, -0.25) is 4.98 Å². The summed E-state index contributed by atoms with van der Waals surface area (Å²) in [5.41, 5.74) is 2.53. The highest BCUT2D eigenvalue weighted by Gasteiger charge is 1.98. The SMILES string of the molecule is CCCNCc1cccc(SCCc2ccccn2)c1. The Morgan fingerprint density at radius 2 is 2.10 bits per heavy atom. The molecule has 3 heteroatoms. The lowest BCUT2D eigenvalue weighted by molar-refractivity contribution is 0.674. The van der Waals surface area contributed by atoms with Crippen molar-refractivity contribution in [1.29, 1.82) is 0 Å². The van der Waals surface area contributed by atoms with E-state index < -0.39 is 0 Å². The van der Waals surface area contributed by atoms with Crippen LogP contribution in [0.25, 0.3) is 0 Å². The van der Waals surface area contributed by atoms with Crippen molar-refractivity contribution in [1.82, 2.24) is 10.3 Å². The summed E-state index contributed by atoms with van der Waals surface area (Å²) in [5, 5.41) is 3.44. The van der Waals surface area contributed by atoms with E-state index in [9.17, 15) is 0 Å². The minimum Gasteiger partial charge on any atom is -0.313 e. The second kappa shape index (κ2) is 8.77. The molecule has 0 bridgehead atoms. The van der Waals surface area contributed by atoms with Crippen molar-refractivity contribution in [2.45, 2.75) is 31.2 Å². The Hall–Kier alpha value is -1.32. The Morgan fingerprint density at radius 1 is 1.15 bits per heavy atom. The molecule has 2 aromatic rings. The van der Waals surface area contributed by atoms with Crippen molar-refractivity contribution in [3.63, 3.8) is 0 Å². The first kappa shape index (κ1) is 15.1. The van der Waals surface area contributed by atoms with E-state index in [1.807, 2.05) is 30.1 Å². The van der Waals surface area contributed by atoms with Gasteiger partial charge in [-0.05, 0) is 49.2 Å². The number of nitrogens with one attached hydrogen (secondary N) is 1. The number of aromatic nitrogens is 1. The van der Waals surface area contributed by atoms with Crippen LogP contribution in [-0.4, -0.2) is 17.3 Å². The highest BCUT2D eigenvalue weighted by Crippen LogP contribution is 2.20. The largest absolute Gasteiger partial charge is 0.313 e. The number of thioether (sulfide) groups is 1. The molecule has 20 heavy (non-hydrogen) atoms. The quantitative estimate of drug-likeness (QED) is 0.588. The molecule has 106 valence electrons. The van der Waals surface area contributed by atoms with E-state index >= 15 is 0 Å². The minimum atomic E-state index is 0.961. The van der Waals surface area contributed by atoms with Crippen LogP contribution in [0.1, 0.15) is 24.6 Å². The van der Waals surface area contributed by atoms with Crippen molar-refractivity contribution >= 4 is 11.8 Å². The molecule has 0 atom stereocenters. The topological polar surface area (TPSA) is 24.9 Å². The molecule has 2 rings (SSSR count). The monoisotopic (exact) mass is 286 g/mol. The van der Waals surface area contributed by atoms with Crippen LogP contribution in [0.3, 0.4) is 0 Å². The number of nitrogens with zero attached hydrogens (tertiary/aromatic N) is 1. The highest BCUT2D eigenvalue weighted by molar-refractivity contribution is 7.99. The van der Waals surface area contributed by atoms with Crippen LogP contribution in [0.15, 0.2) is 53.6 Å². The smallest absolute Gasteiger partial charge is 0.0411 e. The van der Waals surface area contributed by atoms with E-state index in [-0.39, 0.29) is 0 Å². The summed E-state index contributed by atoms with van der Waals surface area (Å²) in [6, 6.07) is 14.9. The number of hydrogen-bond donors (Lipinski definition) is 1. The Labute approximate surface area is 126 Å². The van der Waals surface area contributed by atoms with Crippen LogP contribution < -0.4 is 5.32 Å². The van der Waals surface area contributed by atoms with Gasteiger partial charge in [-0.2, -0.15) is 0 Å². The van der Waals surface area contributed by atoms with Gasteiger partial charge in [0.05, 0.1) is 0 Å². The summed E-state index contributed by atoms with van der Waals surface area (Å²) >= 11 is 1.90. The third kappa shape index (κ3) is 5.35. The molecule has 1 heterocycles. The van der Waals surface area contributed by atoms with Gasteiger partial charge in [0.25, 0.3) is 0 Å². The fourth-order valence-electron chi connectivity index (χ4n) is 1.97. The molecular weight excluding hydrogens is 264 g/mol. The molecule has 0 amide bonds. The van der Waals surface area contributed by atoms with E-state index in [0.717, 1.165) is 25.3 Å². The van der Waals surface area contributed by atoms with E-state index in [0.29, 0.717) is 0 Å². The standard InChI is InChI=1S/C17H22N2S/c1-2-10-18-14-15-6-5-8-17(13-15)20-12-9-16-7-3-4-11-19-16/h3-8,11,13,18H,2,9-10,12,14H2,1H3. The van der Waals surface area contributed by atoms with Crippen molar-refractivity contribution < 1.29 is 0 Å². The molecule has 0 saturated heterocycles. The normalized spacial score (nSPS) is 10.7. The summed E-state index contributed by atoms with van der Waals surface area (Å²) in [6.07, 6.45) is 4.06. The number of hydrogen-bond acceptors (Lipinski definition) is 3. The molecule has 0 aliphatic heterocycles. The first-order valence-electron chi connectivity index (χ1n) is 7.21. The van der Waals surface area contributed by atoms with Gasteiger partial charge in [-0.1, -0.05) is 25.1 Å². The zero-order valence-corrected chi connectivity index (χ0v) is 12.8. The predicted octanol–water partition coefficient (Wildman–Crippen LogP) is 3.92. The lowest BCUT2D eigenvalue weighted by Gasteiger charge is -2.06. The highest BCUT2D eigenvalue weighted by atomic mass is 32.2. The van der Waals surface area contributed by atoms with E-state index in [2.05, 4.69) is 47.6 Å². The molecule has 1 aromatic carbocycles. The first-order valence-corrected chi connectivity index (χ1v) is 8.19. The molecular formula is C17H22N2S. The number of aryl methyl sites for hydroxylation is 1. The second-order valence-electron chi connectivity index (χ2n) is 4.74. The molecule has 0 aliphatic rings. The average molecular weight is 286 g/mol. The zero-order chi connectivity index (χ0) is 14.0. The van der Waals surface area contributed by atoms with Crippen molar-refractivity contribution in [3.8, 4) is 0 Å². The van der Waals surface area contributed by atoms with E-state index in [1.54, 1.807) is 0 Å². The number of pyridine rings is 1. The maximum Gasteiger partial charge on any atom is 0.0411 e. The minimum absolute atomic E-state index is 0.961. The molecule has 2 nitrogen and oxygen atoms in total. The lowest BCUT2D eigenvalue weighted by Crippen LogP contribution is -2.13. The van der Waals surface area contributed by atoms with Crippen LogP contribution in [0, 0.1) is 0 Å². The summed E-state index contributed by atoms with van der Waals surface area (Å²) in [6.45, 7) is 4.23. The number of rotatable bonds is 8. The maximum absolute atomic E-state index is 4.35. The molecule has 0 fully saturated rings. The number of benzene rings is 1. The molecule has 0 aliphatic carbocycles. The van der Waals surface area contributed by atoms with Gasteiger partial charge in [-0.15, -0.1) is 11.8 Å². The Kier molecular flexibility index (Phi) is 6.61. The summed E-state index contributed by atoms with van der Waals surface area (Å²) in [4.78, 5) is 5.70. The van der Waals surface area contributed by atoms with Crippen LogP contribution in [0.4, 0.5) is 0 Å². The van der Waals surface area contributed by atoms with Gasteiger partial charge < -0.3 is 5.32 Å². The van der Waals surface area contributed by atoms with Crippen molar-refractivity contribution in [3.05, 3.63) is 59.9 Å². The Morgan fingerprint density at radius 3 is 2.90 bits per heavy atom. The van der Waals surface area contributed by atoms with Crippen LogP contribution in [-0.2, 0) is 13.0 Å². The zero-order valence-electron chi connectivity index (χ0n) is 12.0. The predicted molar refractivity (Wildman–Crippen MR) is 87.1 cm³/mol. The van der Waals surface area contributed by atoms with Gasteiger partial charge >= 0.3 is 0 Å². The summed E-state index contributed by atoms with van der Waals surface area (Å²) in [7, 11) is 0. The molecule has 1 N–H and O–H groups in total. The average Bonchev–Trinajstić information content (AvgIpc) is 2.49. The van der Waals surface area contributed by atoms with Crippen molar-refractivity contribution in [2.24, 2.45) is 0 Å². The first-order chi connectivity index (χ1) is 9.88. The van der Waals surface area contributed by atoms with Crippen LogP contribution in [0.5, 0.6) is 0 Å². The van der Waals surface area contributed by atoms with Crippen molar-refractivity contribution in [2.75, 3.05) is 12.3 Å². The Balaban J connectivity index is 1.79. The van der Waals surface area contributed by atoms with E-state index in [4.69, 9.17) is 0 Å². The molecule has 0 radical (unpaired) electrons. The van der Waals surface area contributed by atoms with Gasteiger partial charge in [0, 0.05) is 29.1 Å². The van der Waals surface area contributed by atoms with Gasteiger partial charge in [0.1, 0.15) is 0 Å². The van der Waals surface area contributed by atoms with Gasteiger partial charge in [-0.25, -0.2) is 0 Å². The van der Waals surface area contributed by atoms with Gasteiger partial charge in [0.15, 0.2) is 0 Å². The molecule has 1 aromatic heterocycles. The second-order valence-corrected chi connectivity index (χ2v) is 5.91. The van der Waals surface area contributed by atoms with Gasteiger partial charge in [0.2, 0.25) is 0 Å². The maximum atomic E-state index is 4.35. The Bertz CT molecular complexity index is 499.